The fourth-order valence-electron chi connectivity index (χ4n) is 6.82. The number of fused-ring (bicyclic) bond motifs is 3. The lowest BCUT2D eigenvalue weighted by Gasteiger charge is -2.43. The van der Waals surface area contributed by atoms with Gasteiger partial charge in [-0.3, -0.25) is 9.88 Å². The Kier molecular flexibility index (Phi) is 5.73. The van der Waals surface area contributed by atoms with E-state index in [9.17, 15) is 5.26 Å². The summed E-state index contributed by atoms with van der Waals surface area (Å²) in [7, 11) is 0. The molecule has 0 aromatic carbocycles. The predicted molar refractivity (Wildman–Crippen MR) is 140 cm³/mol. The molecule has 3 heteroatoms. The maximum absolute atomic E-state index is 9.53. The van der Waals surface area contributed by atoms with Crippen molar-refractivity contribution in [3.05, 3.63) is 114 Å². The van der Waals surface area contributed by atoms with Crippen molar-refractivity contribution in [1.29, 1.82) is 5.26 Å². The van der Waals surface area contributed by atoms with Gasteiger partial charge in [-0.2, -0.15) is 5.26 Å². The van der Waals surface area contributed by atoms with Gasteiger partial charge >= 0.3 is 0 Å². The quantitative estimate of drug-likeness (QED) is 0.436. The normalized spacial score (nSPS) is 36.8. The first kappa shape index (κ1) is 21.8. The van der Waals surface area contributed by atoms with Gasteiger partial charge in [-0.05, 0) is 36.5 Å². The molecule has 8 unspecified atom stereocenters. The molecule has 0 spiro atoms. The van der Waals surface area contributed by atoms with Gasteiger partial charge in [0, 0.05) is 59.8 Å². The molecule has 1 aromatic heterocycles. The van der Waals surface area contributed by atoms with Gasteiger partial charge in [0.25, 0.3) is 0 Å². The van der Waals surface area contributed by atoms with E-state index in [-0.39, 0.29) is 5.92 Å². The highest BCUT2D eigenvalue weighted by atomic mass is 15.3. The average molecular weight is 456 g/mol. The van der Waals surface area contributed by atoms with E-state index in [0.29, 0.717) is 41.8 Å². The van der Waals surface area contributed by atoms with Gasteiger partial charge in [-0.1, -0.05) is 78.8 Å². The number of likely N-dealkylation sites (tertiary alicyclic amines) is 1. The fraction of sp³-hybridized carbons (Fsp3) is 0.312. The van der Waals surface area contributed by atoms with Gasteiger partial charge in [0.2, 0.25) is 0 Å². The van der Waals surface area contributed by atoms with E-state index >= 15 is 0 Å². The van der Waals surface area contributed by atoms with Crippen LogP contribution in [0.25, 0.3) is 0 Å². The first-order valence-corrected chi connectivity index (χ1v) is 12.6. The van der Waals surface area contributed by atoms with Gasteiger partial charge in [0.15, 0.2) is 0 Å². The molecule has 0 radical (unpaired) electrons. The maximum Gasteiger partial charge on any atom is 0.0995 e. The van der Waals surface area contributed by atoms with Crippen LogP contribution in [-0.4, -0.2) is 28.0 Å². The molecule has 1 aromatic rings. The van der Waals surface area contributed by atoms with Gasteiger partial charge in [0.05, 0.1) is 11.6 Å². The first-order valence-electron chi connectivity index (χ1n) is 12.6. The lowest BCUT2D eigenvalue weighted by molar-refractivity contribution is 0.139. The summed E-state index contributed by atoms with van der Waals surface area (Å²) >= 11 is 0. The second kappa shape index (κ2) is 9.18. The smallest absolute Gasteiger partial charge is 0.0995 e. The van der Waals surface area contributed by atoms with Gasteiger partial charge in [-0.25, -0.2) is 0 Å². The van der Waals surface area contributed by atoms with E-state index in [1.807, 2.05) is 12.3 Å². The van der Waals surface area contributed by atoms with E-state index in [2.05, 4.69) is 101 Å². The van der Waals surface area contributed by atoms with E-state index in [1.165, 1.54) is 0 Å². The maximum atomic E-state index is 9.53. The first-order chi connectivity index (χ1) is 17.3. The second-order valence-corrected chi connectivity index (χ2v) is 10.1. The standard InChI is InChI=1S/C32H29N3/c1-2-22-11-16-32-28(19-22)27-8-4-6-10-31(27)35(32)30-9-5-3-7-26(30)23-12-14-24(15-13-23)29-21-34-18-17-25(29)20-33/h1,3-12,14,16-19,21,23-24,26-28,30-32H,13,15H2. The van der Waals surface area contributed by atoms with Gasteiger partial charge in [-0.15, -0.1) is 6.42 Å². The third kappa shape index (κ3) is 3.78. The lowest BCUT2D eigenvalue weighted by Crippen LogP contribution is -2.49. The minimum absolute atomic E-state index is 0.261. The molecule has 1 saturated heterocycles. The van der Waals surface area contributed by atoms with Crippen LogP contribution in [0.3, 0.4) is 0 Å². The highest BCUT2D eigenvalue weighted by molar-refractivity contribution is 5.44. The third-order valence-corrected chi connectivity index (χ3v) is 8.45. The van der Waals surface area contributed by atoms with E-state index in [1.54, 1.807) is 6.20 Å². The van der Waals surface area contributed by atoms with Crippen molar-refractivity contribution in [2.45, 2.75) is 36.9 Å². The molecule has 35 heavy (non-hydrogen) atoms. The Morgan fingerprint density at radius 2 is 1.60 bits per heavy atom. The topological polar surface area (TPSA) is 39.9 Å². The Bertz CT molecular complexity index is 1290. The van der Waals surface area contributed by atoms with E-state index in [0.717, 1.165) is 29.5 Å². The van der Waals surface area contributed by atoms with Gasteiger partial charge < -0.3 is 0 Å². The second-order valence-electron chi connectivity index (χ2n) is 10.1. The average Bonchev–Trinajstić information content (AvgIpc) is 3.26. The zero-order chi connectivity index (χ0) is 23.8. The zero-order valence-corrected chi connectivity index (χ0v) is 19.7. The zero-order valence-electron chi connectivity index (χ0n) is 19.7. The largest absolute Gasteiger partial charge is 0.282 e. The van der Waals surface area contributed by atoms with Crippen LogP contribution in [0.2, 0.25) is 0 Å². The highest BCUT2D eigenvalue weighted by Gasteiger charge is 2.50. The van der Waals surface area contributed by atoms with E-state index in [4.69, 9.17) is 6.42 Å². The van der Waals surface area contributed by atoms with Crippen molar-refractivity contribution in [2.75, 3.05) is 0 Å². The molecule has 1 fully saturated rings. The van der Waals surface area contributed by atoms with E-state index < -0.39 is 0 Å². The Morgan fingerprint density at radius 1 is 0.857 bits per heavy atom. The molecular weight excluding hydrogens is 426 g/mol. The Labute approximate surface area is 208 Å². The van der Waals surface area contributed by atoms with Crippen molar-refractivity contribution in [2.24, 2.45) is 23.7 Å². The molecule has 4 aliphatic carbocycles. The molecule has 0 N–H and O–H groups in total. The number of hydrogen-bond acceptors (Lipinski definition) is 3. The molecule has 8 atom stereocenters. The van der Waals surface area contributed by atoms with Crippen LogP contribution in [0, 0.1) is 47.3 Å². The number of rotatable bonds is 3. The molecule has 6 rings (SSSR count). The number of nitriles is 1. The van der Waals surface area contributed by atoms with Crippen LogP contribution in [0.5, 0.6) is 0 Å². The molecule has 0 saturated carbocycles. The van der Waals surface area contributed by atoms with Crippen molar-refractivity contribution in [3.63, 3.8) is 0 Å². The summed E-state index contributed by atoms with van der Waals surface area (Å²) in [5, 5.41) is 9.53. The third-order valence-electron chi connectivity index (χ3n) is 8.45. The minimum Gasteiger partial charge on any atom is -0.282 e. The summed E-state index contributed by atoms with van der Waals surface area (Å²) in [6, 6.07) is 5.19. The molecule has 3 nitrogen and oxygen atoms in total. The van der Waals surface area contributed by atoms with Crippen LogP contribution in [0.15, 0.2) is 103 Å². The summed E-state index contributed by atoms with van der Waals surface area (Å²) in [5.74, 6) is 4.83. The molecule has 172 valence electrons. The molecular formula is C32H29N3. The molecule has 0 bridgehead atoms. The Hall–Kier alpha value is -3.66. The van der Waals surface area contributed by atoms with Gasteiger partial charge in [0.1, 0.15) is 0 Å². The van der Waals surface area contributed by atoms with Crippen molar-refractivity contribution in [1.82, 2.24) is 9.88 Å². The molecule has 1 aliphatic heterocycles. The van der Waals surface area contributed by atoms with Crippen LogP contribution >= 0.6 is 0 Å². The highest BCUT2D eigenvalue weighted by Crippen LogP contribution is 2.47. The number of nitrogens with zero attached hydrogens (tertiary/aromatic N) is 3. The molecule has 0 amide bonds. The van der Waals surface area contributed by atoms with Crippen LogP contribution in [0.4, 0.5) is 0 Å². The number of terminal acetylenes is 1. The molecule has 2 heterocycles. The summed E-state index contributed by atoms with van der Waals surface area (Å²) in [6.07, 6.45) is 41.3. The number of hydrogen-bond donors (Lipinski definition) is 0. The summed E-state index contributed by atoms with van der Waals surface area (Å²) in [4.78, 5) is 7.01. The van der Waals surface area contributed by atoms with Crippen LogP contribution in [-0.2, 0) is 0 Å². The SMILES string of the molecule is C#CC1=CC2C3C=CC=CC3N(C3C=CC=CC3C3C=CC(c4cnccc4C#N)CC3)C2C=C1. The number of pyridine rings is 1. The minimum atomic E-state index is 0.261. The Morgan fingerprint density at radius 3 is 2.34 bits per heavy atom. The molecule has 5 aliphatic rings. The summed E-state index contributed by atoms with van der Waals surface area (Å²) in [6.45, 7) is 0. The predicted octanol–water partition coefficient (Wildman–Crippen LogP) is 5.65. The van der Waals surface area contributed by atoms with Crippen molar-refractivity contribution < 1.29 is 0 Å². The summed E-state index contributed by atoms with van der Waals surface area (Å²) in [5.41, 5.74) is 2.79. The van der Waals surface area contributed by atoms with Crippen molar-refractivity contribution >= 4 is 0 Å². The van der Waals surface area contributed by atoms with Crippen LogP contribution < -0.4 is 0 Å². The van der Waals surface area contributed by atoms with Crippen LogP contribution in [0.1, 0.15) is 29.9 Å². The Balaban J connectivity index is 1.28. The summed E-state index contributed by atoms with van der Waals surface area (Å²) < 4.78 is 0. The number of allylic oxidation sites excluding steroid dienone is 8. The lowest BCUT2D eigenvalue weighted by atomic mass is 9.74. The number of aromatic nitrogens is 1. The fourth-order valence-corrected chi connectivity index (χ4v) is 6.82. The van der Waals surface area contributed by atoms with Crippen molar-refractivity contribution in [3.8, 4) is 18.4 Å². The monoisotopic (exact) mass is 455 g/mol.